The van der Waals surface area contributed by atoms with Gasteiger partial charge in [0.05, 0.1) is 17.6 Å². The Kier molecular flexibility index (Phi) is 7.84. The molecule has 1 saturated carbocycles. The van der Waals surface area contributed by atoms with Gasteiger partial charge in [0, 0.05) is 49.6 Å². The number of benzene rings is 1. The van der Waals surface area contributed by atoms with Gasteiger partial charge in [-0.1, -0.05) is 12.8 Å². The van der Waals surface area contributed by atoms with E-state index in [2.05, 4.69) is 30.8 Å². The zero-order valence-corrected chi connectivity index (χ0v) is 23.9. The molecular formula is C26H37N9O4S. The summed E-state index contributed by atoms with van der Waals surface area (Å²) in [6, 6.07) is 4.49. The second-order valence-corrected chi connectivity index (χ2v) is 12.6. The van der Waals surface area contributed by atoms with E-state index in [1.165, 1.54) is 42.7 Å². The Morgan fingerprint density at radius 3 is 2.55 bits per heavy atom. The molecule has 40 heavy (non-hydrogen) atoms. The first-order chi connectivity index (χ1) is 19.0. The Morgan fingerprint density at radius 2 is 1.85 bits per heavy atom. The van der Waals surface area contributed by atoms with Crippen molar-refractivity contribution in [2.75, 3.05) is 47.1 Å². The van der Waals surface area contributed by atoms with Crippen LogP contribution in [-0.2, 0) is 14.8 Å². The van der Waals surface area contributed by atoms with Crippen molar-refractivity contribution < 1.29 is 18.0 Å². The van der Waals surface area contributed by atoms with E-state index in [0.717, 1.165) is 19.5 Å². The Morgan fingerprint density at radius 1 is 1.12 bits per heavy atom. The van der Waals surface area contributed by atoms with Gasteiger partial charge in [0.1, 0.15) is 5.69 Å². The van der Waals surface area contributed by atoms with E-state index in [4.69, 9.17) is 5.14 Å². The fourth-order valence-electron chi connectivity index (χ4n) is 5.66. The summed E-state index contributed by atoms with van der Waals surface area (Å²) in [6.07, 6.45) is 7.38. The number of rotatable bonds is 7. The maximum Gasteiger partial charge on any atom is 0.319 e. The summed E-state index contributed by atoms with van der Waals surface area (Å²) < 4.78 is 24.5. The van der Waals surface area contributed by atoms with Crippen molar-refractivity contribution in [3.63, 3.8) is 0 Å². The summed E-state index contributed by atoms with van der Waals surface area (Å²) in [4.78, 5) is 39.8. The van der Waals surface area contributed by atoms with Gasteiger partial charge in [0.15, 0.2) is 5.82 Å². The van der Waals surface area contributed by atoms with Gasteiger partial charge in [-0.15, -0.1) is 0 Å². The number of likely N-dealkylation sites (N-methyl/N-ethyl adjacent to an activating group) is 1. The lowest BCUT2D eigenvalue weighted by atomic mass is 10.2. The number of carbonyl (C=O) groups excluding carboxylic acids is 2. The van der Waals surface area contributed by atoms with Crippen molar-refractivity contribution in [1.29, 1.82) is 0 Å². The molecule has 5 rings (SSSR count). The van der Waals surface area contributed by atoms with Crippen molar-refractivity contribution in [1.82, 2.24) is 20.2 Å². The number of anilines is 5. The van der Waals surface area contributed by atoms with Crippen LogP contribution in [0.1, 0.15) is 46.0 Å². The first-order valence-corrected chi connectivity index (χ1v) is 15.2. The molecule has 2 fully saturated rings. The largest absolute Gasteiger partial charge is 0.343 e. The number of hydrogen-bond donors (Lipinski definition) is 4. The van der Waals surface area contributed by atoms with Crippen molar-refractivity contribution in [2.24, 2.45) is 5.14 Å². The fraction of sp³-hybridized carbons (Fsp3) is 0.538. The third-order valence-electron chi connectivity index (χ3n) is 7.83. The molecule has 3 aliphatic rings. The van der Waals surface area contributed by atoms with Gasteiger partial charge in [-0.25, -0.2) is 23.3 Å². The van der Waals surface area contributed by atoms with Gasteiger partial charge in [-0.05, 0) is 51.3 Å². The van der Waals surface area contributed by atoms with Crippen molar-refractivity contribution in [3.8, 4) is 0 Å². The molecule has 5 N–H and O–H groups in total. The van der Waals surface area contributed by atoms with Crippen LogP contribution >= 0.6 is 0 Å². The summed E-state index contributed by atoms with van der Waals surface area (Å²) >= 11 is 0. The molecule has 3 amide bonds. The van der Waals surface area contributed by atoms with Crippen LogP contribution in [0.5, 0.6) is 0 Å². The molecule has 2 aliphatic heterocycles. The van der Waals surface area contributed by atoms with E-state index in [-0.39, 0.29) is 41.1 Å². The number of nitrogens with zero attached hydrogens (tertiary/aromatic N) is 5. The summed E-state index contributed by atoms with van der Waals surface area (Å²) in [7, 11) is -2.40. The molecule has 3 heterocycles. The van der Waals surface area contributed by atoms with Crippen molar-refractivity contribution >= 4 is 50.8 Å². The van der Waals surface area contributed by atoms with Gasteiger partial charge >= 0.3 is 6.03 Å². The normalized spacial score (nSPS) is 20.2. The van der Waals surface area contributed by atoms with E-state index in [1.807, 2.05) is 18.7 Å². The van der Waals surface area contributed by atoms with E-state index in [9.17, 15) is 18.0 Å². The minimum absolute atomic E-state index is 0.0179. The molecule has 1 aliphatic carbocycles. The summed E-state index contributed by atoms with van der Waals surface area (Å²) in [6.45, 7) is 5.89. The number of nitrogens with two attached hydrogens (primary N) is 1. The standard InChI is InChI=1S/C26H37N9O4S/c1-16(2)35-15-23(36)33(3)22-13-28-25(32-24(22)35)29-18-10-19(12-21(11-18)40(27,38)39)31-26(37)30-17-8-9-34(14-17)20-6-4-5-7-20/h10-13,16-17,20H,4-9,14-15H2,1-3H3,(H2,27,38,39)(H,28,29,32)(H2,30,31,37)/t17-/m1/s1. The van der Waals surface area contributed by atoms with Crippen LogP contribution in [0.25, 0.3) is 0 Å². The minimum atomic E-state index is -4.07. The van der Waals surface area contributed by atoms with Crippen LogP contribution in [0.4, 0.5) is 33.6 Å². The second kappa shape index (κ2) is 11.2. The smallest absolute Gasteiger partial charge is 0.319 e. The maximum atomic E-state index is 12.8. The lowest BCUT2D eigenvalue weighted by molar-refractivity contribution is -0.117. The number of nitrogens with one attached hydrogen (secondary N) is 3. The van der Waals surface area contributed by atoms with Crippen LogP contribution in [0.3, 0.4) is 0 Å². The zero-order valence-electron chi connectivity index (χ0n) is 23.1. The number of urea groups is 1. The van der Waals surface area contributed by atoms with E-state index < -0.39 is 16.1 Å². The highest BCUT2D eigenvalue weighted by Gasteiger charge is 2.32. The Labute approximate surface area is 234 Å². The molecule has 216 valence electrons. The number of carbonyl (C=O) groups is 2. The highest BCUT2D eigenvalue weighted by Crippen LogP contribution is 2.33. The van der Waals surface area contributed by atoms with Gasteiger partial charge in [0.2, 0.25) is 21.9 Å². The lowest BCUT2D eigenvalue weighted by Gasteiger charge is -2.36. The number of primary sulfonamides is 1. The van der Waals surface area contributed by atoms with E-state index in [1.54, 1.807) is 19.3 Å². The molecule has 14 heteroatoms. The summed E-state index contributed by atoms with van der Waals surface area (Å²) in [5, 5.41) is 14.2. The van der Waals surface area contributed by atoms with Gasteiger partial charge < -0.3 is 25.8 Å². The summed E-state index contributed by atoms with van der Waals surface area (Å²) in [5.74, 6) is 0.717. The molecule has 1 aromatic carbocycles. The number of amides is 3. The van der Waals surface area contributed by atoms with E-state index in [0.29, 0.717) is 23.2 Å². The van der Waals surface area contributed by atoms with Crippen LogP contribution in [0, 0.1) is 0 Å². The Hall–Kier alpha value is -3.49. The zero-order chi connectivity index (χ0) is 28.6. The monoisotopic (exact) mass is 571 g/mol. The van der Waals surface area contributed by atoms with Gasteiger partial charge in [0.25, 0.3) is 0 Å². The molecule has 0 radical (unpaired) electrons. The molecular weight excluding hydrogens is 534 g/mol. The summed E-state index contributed by atoms with van der Waals surface area (Å²) in [5.41, 5.74) is 1.15. The van der Waals surface area contributed by atoms with Crippen LogP contribution in [-0.4, -0.2) is 80.0 Å². The Bertz CT molecular complexity index is 1390. The average molecular weight is 572 g/mol. The molecule has 13 nitrogen and oxygen atoms in total. The van der Waals surface area contributed by atoms with Crippen LogP contribution in [0.15, 0.2) is 29.3 Å². The van der Waals surface area contributed by atoms with E-state index >= 15 is 0 Å². The highest BCUT2D eigenvalue weighted by atomic mass is 32.2. The van der Waals surface area contributed by atoms with Crippen molar-refractivity contribution in [2.45, 2.75) is 69.0 Å². The first kappa shape index (κ1) is 28.1. The van der Waals surface area contributed by atoms with Crippen molar-refractivity contribution in [3.05, 3.63) is 24.4 Å². The number of hydrogen-bond acceptors (Lipinski definition) is 9. The SMILES string of the molecule is CC(C)N1CC(=O)N(C)c2cnc(Nc3cc(NC(=O)N[C@@H]4CCN(C5CCCC5)C4)cc(S(N)(=O)=O)c3)nc21. The quantitative estimate of drug-likeness (QED) is 0.390. The maximum absolute atomic E-state index is 12.8. The lowest BCUT2D eigenvalue weighted by Crippen LogP contribution is -2.47. The topological polar surface area (TPSA) is 166 Å². The minimum Gasteiger partial charge on any atom is -0.343 e. The number of likely N-dealkylation sites (tertiary alicyclic amines) is 1. The molecule has 1 aromatic heterocycles. The Balaban J connectivity index is 1.33. The number of sulfonamides is 1. The second-order valence-electron chi connectivity index (χ2n) is 11.0. The third-order valence-corrected chi connectivity index (χ3v) is 8.72. The molecule has 2 aromatic rings. The predicted octanol–water partition coefficient (Wildman–Crippen LogP) is 2.20. The fourth-order valence-corrected chi connectivity index (χ4v) is 6.24. The highest BCUT2D eigenvalue weighted by molar-refractivity contribution is 7.89. The van der Waals surface area contributed by atoms with Gasteiger partial charge in [-0.3, -0.25) is 9.69 Å². The molecule has 0 unspecified atom stereocenters. The molecule has 1 saturated heterocycles. The van der Waals surface area contributed by atoms with Gasteiger partial charge in [-0.2, -0.15) is 4.98 Å². The number of aromatic nitrogens is 2. The average Bonchev–Trinajstić information content (AvgIpc) is 3.58. The molecule has 1 atom stereocenters. The first-order valence-electron chi connectivity index (χ1n) is 13.6. The third kappa shape index (κ3) is 6.13. The van der Waals surface area contributed by atoms with Crippen LogP contribution < -0.4 is 30.9 Å². The van der Waals surface area contributed by atoms with Crippen LogP contribution in [0.2, 0.25) is 0 Å². The molecule has 0 bridgehead atoms. The predicted molar refractivity (Wildman–Crippen MR) is 153 cm³/mol. The number of fused-ring (bicyclic) bond motifs is 1. The molecule has 0 spiro atoms.